The van der Waals surface area contributed by atoms with Crippen LogP contribution in [0.4, 0.5) is 0 Å². The van der Waals surface area contributed by atoms with Crippen molar-refractivity contribution in [3.05, 3.63) is 0 Å². The third-order valence-corrected chi connectivity index (χ3v) is 2.88. The molecule has 1 amide bonds. The fraction of sp³-hybridized carbons (Fsp3) is 0.800. The molecule has 0 radical (unpaired) electrons. The maximum Gasteiger partial charge on any atom is 0.225 e. The Morgan fingerprint density at radius 3 is 2.64 bits per heavy atom. The molecule has 0 aromatic heterocycles. The number of likely N-dealkylation sites (tertiary alicyclic amines) is 1. The van der Waals surface area contributed by atoms with E-state index in [0.29, 0.717) is 4.99 Å². The SMILES string of the molecule is CC(C)C(=O)N1CCCCC1C(N)=S. The Kier molecular flexibility index (Phi) is 3.86. The summed E-state index contributed by atoms with van der Waals surface area (Å²) in [6.07, 6.45) is 3.11. The second-order valence-electron chi connectivity index (χ2n) is 4.10. The van der Waals surface area contributed by atoms with E-state index in [0.717, 1.165) is 25.8 Å². The molecule has 3 nitrogen and oxygen atoms in total. The summed E-state index contributed by atoms with van der Waals surface area (Å²) in [5, 5.41) is 0. The van der Waals surface area contributed by atoms with E-state index in [1.807, 2.05) is 18.7 Å². The van der Waals surface area contributed by atoms with Gasteiger partial charge in [-0.15, -0.1) is 0 Å². The Morgan fingerprint density at radius 2 is 2.14 bits per heavy atom. The Morgan fingerprint density at radius 1 is 1.50 bits per heavy atom. The van der Waals surface area contributed by atoms with Crippen molar-refractivity contribution < 1.29 is 4.79 Å². The summed E-state index contributed by atoms with van der Waals surface area (Å²) in [4.78, 5) is 14.1. The predicted molar refractivity (Wildman–Crippen MR) is 61.0 cm³/mol. The smallest absolute Gasteiger partial charge is 0.225 e. The second-order valence-corrected chi connectivity index (χ2v) is 4.57. The highest BCUT2D eigenvalue weighted by Crippen LogP contribution is 2.19. The minimum absolute atomic E-state index is 0.00588. The van der Waals surface area contributed by atoms with Gasteiger partial charge in [-0.05, 0) is 19.3 Å². The van der Waals surface area contributed by atoms with Crippen LogP contribution < -0.4 is 5.73 Å². The van der Waals surface area contributed by atoms with Gasteiger partial charge in [0.1, 0.15) is 0 Å². The largest absolute Gasteiger partial charge is 0.392 e. The maximum absolute atomic E-state index is 11.8. The molecule has 1 aliphatic rings. The van der Waals surface area contributed by atoms with Crippen LogP contribution in [-0.4, -0.2) is 28.4 Å². The number of amides is 1. The normalized spacial score (nSPS) is 22.5. The molecule has 1 rings (SSSR count). The third kappa shape index (κ3) is 2.44. The summed E-state index contributed by atoms with van der Waals surface area (Å²) in [5.74, 6) is 0.201. The van der Waals surface area contributed by atoms with Gasteiger partial charge in [0.05, 0.1) is 11.0 Å². The van der Waals surface area contributed by atoms with Crippen molar-refractivity contribution in [1.82, 2.24) is 4.90 Å². The Hall–Kier alpha value is -0.640. The van der Waals surface area contributed by atoms with Crippen molar-refractivity contribution in [3.8, 4) is 0 Å². The zero-order valence-electron chi connectivity index (χ0n) is 8.82. The quantitative estimate of drug-likeness (QED) is 0.705. The molecule has 80 valence electrons. The van der Waals surface area contributed by atoms with Crippen LogP contribution in [0.3, 0.4) is 0 Å². The molecule has 0 bridgehead atoms. The Bertz CT molecular complexity index is 240. The van der Waals surface area contributed by atoms with Gasteiger partial charge in [0.2, 0.25) is 5.91 Å². The molecule has 2 N–H and O–H groups in total. The molecular formula is C10H18N2OS. The van der Waals surface area contributed by atoms with Gasteiger partial charge in [-0.2, -0.15) is 0 Å². The van der Waals surface area contributed by atoms with Crippen LogP contribution in [-0.2, 0) is 4.79 Å². The van der Waals surface area contributed by atoms with Gasteiger partial charge < -0.3 is 10.6 Å². The molecule has 1 fully saturated rings. The fourth-order valence-corrected chi connectivity index (χ4v) is 2.07. The van der Waals surface area contributed by atoms with Crippen LogP contribution in [0, 0.1) is 5.92 Å². The molecule has 1 atom stereocenters. The zero-order valence-corrected chi connectivity index (χ0v) is 9.64. The van der Waals surface area contributed by atoms with Gasteiger partial charge in [-0.25, -0.2) is 0 Å². The highest BCUT2D eigenvalue weighted by molar-refractivity contribution is 7.80. The fourth-order valence-electron chi connectivity index (χ4n) is 1.82. The van der Waals surface area contributed by atoms with Gasteiger partial charge in [0.15, 0.2) is 0 Å². The van der Waals surface area contributed by atoms with Crippen molar-refractivity contribution in [2.75, 3.05) is 6.54 Å². The number of hydrogen-bond acceptors (Lipinski definition) is 2. The van der Waals surface area contributed by atoms with E-state index in [1.54, 1.807) is 0 Å². The molecule has 1 aliphatic heterocycles. The number of carbonyl (C=O) groups is 1. The molecule has 1 saturated heterocycles. The van der Waals surface area contributed by atoms with E-state index in [1.165, 1.54) is 0 Å². The average Bonchev–Trinajstić information content (AvgIpc) is 2.16. The lowest BCUT2D eigenvalue weighted by Gasteiger charge is -2.36. The zero-order chi connectivity index (χ0) is 10.7. The molecule has 0 aliphatic carbocycles. The summed E-state index contributed by atoms with van der Waals surface area (Å²) >= 11 is 4.98. The number of nitrogens with two attached hydrogens (primary N) is 1. The molecule has 0 spiro atoms. The number of thiocarbonyl (C=S) groups is 1. The number of rotatable bonds is 2. The van der Waals surface area contributed by atoms with Gasteiger partial charge in [-0.3, -0.25) is 4.79 Å². The summed E-state index contributed by atoms with van der Waals surface area (Å²) in [6.45, 7) is 4.63. The van der Waals surface area contributed by atoms with Crippen LogP contribution >= 0.6 is 12.2 Å². The lowest BCUT2D eigenvalue weighted by Crippen LogP contribution is -2.51. The second kappa shape index (κ2) is 4.73. The molecule has 0 aromatic carbocycles. The summed E-state index contributed by atoms with van der Waals surface area (Å²) in [5.41, 5.74) is 5.63. The monoisotopic (exact) mass is 214 g/mol. The standard InChI is InChI=1S/C10H18N2OS/c1-7(2)10(13)12-6-4-3-5-8(12)9(11)14/h7-8H,3-6H2,1-2H3,(H2,11,14). The summed E-state index contributed by atoms with van der Waals surface area (Å²) in [6, 6.07) is -0.00588. The van der Waals surface area contributed by atoms with E-state index in [9.17, 15) is 4.79 Å². The van der Waals surface area contributed by atoms with Gasteiger partial charge in [0.25, 0.3) is 0 Å². The topological polar surface area (TPSA) is 46.3 Å². The number of carbonyl (C=O) groups excluding carboxylic acids is 1. The molecule has 0 saturated carbocycles. The van der Waals surface area contributed by atoms with Crippen LogP contribution in [0.25, 0.3) is 0 Å². The van der Waals surface area contributed by atoms with E-state index < -0.39 is 0 Å². The van der Waals surface area contributed by atoms with Gasteiger partial charge in [-0.1, -0.05) is 26.1 Å². The van der Waals surface area contributed by atoms with Crippen molar-refractivity contribution in [3.63, 3.8) is 0 Å². The summed E-state index contributed by atoms with van der Waals surface area (Å²) in [7, 11) is 0. The number of hydrogen-bond donors (Lipinski definition) is 1. The molecule has 1 heterocycles. The first kappa shape index (κ1) is 11.4. The number of piperidine rings is 1. The first-order valence-corrected chi connectivity index (χ1v) is 5.54. The summed E-state index contributed by atoms with van der Waals surface area (Å²) < 4.78 is 0. The maximum atomic E-state index is 11.8. The predicted octanol–water partition coefficient (Wildman–Crippen LogP) is 1.31. The van der Waals surface area contributed by atoms with Gasteiger partial charge in [0, 0.05) is 12.5 Å². The minimum Gasteiger partial charge on any atom is -0.392 e. The average molecular weight is 214 g/mol. The molecule has 0 aromatic rings. The molecule has 4 heteroatoms. The van der Waals surface area contributed by atoms with Crippen LogP contribution in [0.5, 0.6) is 0 Å². The van der Waals surface area contributed by atoms with Crippen LogP contribution in [0.1, 0.15) is 33.1 Å². The molecular weight excluding hydrogens is 196 g/mol. The first-order valence-electron chi connectivity index (χ1n) is 5.14. The van der Waals surface area contributed by atoms with E-state index in [-0.39, 0.29) is 17.9 Å². The van der Waals surface area contributed by atoms with Gasteiger partial charge >= 0.3 is 0 Å². The Labute approximate surface area is 90.6 Å². The Balaban J connectivity index is 2.72. The van der Waals surface area contributed by atoms with E-state index in [4.69, 9.17) is 18.0 Å². The third-order valence-electron chi connectivity index (χ3n) is 2.61. The lowest BCUT2D eigenvalue weighted by atomic mass is 10.00. The van der Waals surface area contributed by atoms with E-state index >= 15 is 0 Å². The minimum atomic E-state index is -0.00588. The van der Waals surface area contributed by atoms with E-state index in [2.05, 4.69) is 0 Å². The molecule has 1 unspecified atom stereocenters. The van der Waals surface area contributed by atoms with Crippen molar-refractivity contribution in [2.24, 2.45) is 11.7 Å². The van der Waals surface area contributed by atoms with Crippen molar-refractivity contribution in [1.29, 1.82) is 0 Å². The lowest BCUT2D eigenvalue weighted by molar-refractivity contribution is -0.136. The first-order chi connectivity index (χ1) is 6.54. The van der Waals surface area contributed by atoms with Crippen molar-refractivity contribution >= 4 is 23.1 Å². The highest BCUT2D eigenvalue weighted by Gasteiger charge is 2.29. The molecule has 14 heavy (non-hydrogen) atoms. The number of nitrogens with zero attached hydrogens (tertiary/aromatic N) is 1. The van der Waals surface area contributed by atoms with Crippen LogP contribution in [0.15, 0.2) is 0 Å². The van der Waals surface area contributed by atoms with Crippen molar-refractivity contribution in [2.45, 2.75) is 39.2 Å². The van der Waals surface area contributed by atoms with Crippen LogP contribution in [0.2, 0.25) is 0 Å². The highest BCUT2D eigenvalue weighted by atomic mass is 32.1.